The van der Waals surface area contributed by atoms with E-state index in [1.165, 1.54) is 29.5 Å². The fourth-order valence-electron chi connectivity index (χ4n) is 1.96. The van der Waals surface area contributed by atoms with Crippen molar-refractivity contribution in [1.82, 2.24) is 4.98 Å². The van der Waals surface area contributed by atoms with E-state index in [2.05, 4.69) is 32.9 Å². The molecular weight excluding hydrogens is 450 g/mol. The molecule has 116 valence electrons. The van der Waals surface area contributed by atoms with Crippen LogP contribution in [0.1, 0.15) is 10.4 Å². The molecule has 3 rings (SSSR count). The first-order chi connectivity index (χ1) is 11.0. The molecule has 0 radical (unpaired) electrons. The van der Waals surface area contributed by atoms with E-state index in [-0.39, 0.29) is 10.6 Å². The lowest BCUT2D eigenvalue weighted by Gasteiger charge is -2.05. The second-order valence-corrected chi connectivity index (χ2v) is 7.11. The Balaban J connectivity index is 1.82. The Kier molecular flexibility index (Phi) is 4.93. The van der Waals surface area contributed by atoms with Crippen molar-refractivity contribution in [3.05, 3.63) is 67.8 Å². The molecule has 1 amide bonds. The third-order valence-electron chi connectivity index (χ3n) is 3.05. The normalized spacial score (nSPS) is 10.6. The maximum absolute atomic E-state index is 13.7. The van der Waals surface area contributed by atoms with Gasteiger partial charge in [-0.15, -0.1) is 11.3 Å². The number of nitrogens with one attached hydrogen (secondary N) is 1. The van der Waals surface area contributed by atoms with Gasteiger partial charge in [-0.25, -0.2) is 9.37 Å². The summed E-state index contributed by atoms with van der Waals surface area (Å²) in [4.78, 5) is 16.5. The molecule has 0 atom stereocenters. The summed E-state index contributed by atoms with van der Waals surface area (Å²) in [7, 11) is 0. The van der Waals surface area contributed by atoms with E-state index in [9.17, 15) is 9.18 Å². The number of benzene rings is 2. The summed E-state index contributed by atoms with van der Waals surface area (Å²) >= 11 is 9.39. The summed E-state index contributed by atoms with van der Waals surface area (Å²) in [6.07, 6.45) is 0. The number of anilines is 1. The zero-order chi connectivity index (χ0) is 16.4. The van der Waals surface area contributed by atoms with Crippen LogP contribution in [0.25, 0.3) is 11.3 Å². The van der Waals surface area contributed by atoms with Crippen molar-refractivity contribution in [2.45, 2.75) is 0 Å². The van der Waals surface area contributed by atoms with Crippen molar-refractivity contribution in [2.24, 2.45) is 0 Å². The molecule has 0 aliphatic carbocycles. The smallest absolute Gasteiger partial charge is 0.261 e. The number of rotatable bonds is 3. The summed E-state index contributed by atoms with van der Waals surface area (Å²) in [5, 5.41) is 4.88. The lowest BCUT2D eigenvalue weighted by Crippen LogP contribution is -2.14. The molecule has 0 spiro atoms. The highest BCUT2D eigenvalue weighted by Gasteiger charge is 2.17. The second-order valence-electron chi connectivity index (χ2n) is 4.60. The van der Waals surface area contributed by atoms with Gasteiger partial charge in [-0.1, -0.05) is 29.8 Å². The standard InChI is InChI=1S/C16H9ClFIN2OS/c17-11-2-1-3-12(18)14(11)15(22)21-16-20-13(8-23-16)9-4-6-10(19)7-5-9/h1-8H,(H,20,21,22). The van der Waals surface area contributed by atoms with Gasteiger partial charge >= 0.3 is 0 Å². The van der Waals surface area contributed by atoms with Gasteiger partial charge in [0.15, 0.2) is 5.13 Å². The first kappa shape index (κ1) is 16.4. The summed E-state index contributed by atoms with van der Waals surface area (Å²) in [6, 6.07) is 12.0. The number of carbonyl (C=O) groups is 1. The highest BCUT2D eigenvalue weighted by atomic mass is 127. The predicted octanol–water partition coefficient (Wildman–Crippen LogP) is 5.46. The number of nitrogens with zero attached hydrogens (tertiary/aromatic N) is 1. The molecule has 0 saturated heterocycles. The highest BCUT2D eigenvalue weighted by Crippen LogP contribution is 2.27. The maximum Gasteiger partial charge on any atom is 0.261 e. The van der Waals surface area contributed by atoms with E-state index in [1.54, 1.807) is 0 Å². The van der Waals surface area contributed by atoms with Crippen LogP contribution in [0.4, 0.5) is 9.52 Å². The molecule has 0 aliphatic heterocycles. The Morgan fingerprint density at radius 2 is 1.96 bits per heavy atom. The van der Waals surface area contributed by atoms with Gasteiger partial charge in [0.1, 0.15) is 5.82 Å². The first-order valence-corrected chi connectivity index (χ1v) is 8.85. The van der Waals surface area contributed by atoms with Crippen LogP contribution < -0.4 is 5.32 Å². The van der Waals surface area contributed by atoms with E-state index in [4.69, 9.17) is 11.6 Å². The summed E-state index contributed by atoms with van der Waals surface area (Å²) in [6.45, 7) is 0. The van der Waals surface area contributed by atoms with E-state index >= 15 is 0 Å². The van der Waals surface area contributed by atoms with Crippen LogP contribution in [0.5, 0.6) is 0 Å². The molecule has 0 bridgehead atoms. The number of hydrogen-bond donors (Lipinski definition) is 1. The summed E-state index contributed by atoms with van der Waals surface area (Å²) in [5.74, 6) is -1.28. The molecule has 7 heteroatoms. The fourth-order valence-corrected chi connectivity index (χ4v) is 3.28. The minimum absolute atomic E-state index is 0.0666. The largest absolute Gasteiger partial charge is 0.298 e. The Bertz CT molecular complexity index is 847. The number of hydrogen-bond acceptors (Lipinski definition) is 3. The first-order valence-electron chi connectivity index (χ1n) is 6.51. The van der Waals surface area contributed by atoms with E-state index in [0.29, 0.717) is 5.13 Å². The monoisotopic (exact) mass is 458 g/mol. The second kappa shape index (κ2) is 6.94. The Morgan fingerprint density at radius 3 is 2.65 bits per heavy atom. The van der Waals surface area contributed by atoms with Crippen molar-refractivity contribution in [2.75, 3.05) is 5.32 Å². The topological polar surface area (TPSA) is 42.0 Å². The van der Waals surface area contributed by atoms with E-state index in [0.717, 1.165) is 14.8 Å². The predicted molar refractivity (Wildman–Crippen MR) is 99.6 cm³/mol. The lowest BCUT2D eigenvalue weighted by molar-refractivity contribution is 0.102. The molecule has 0 aliphatic rings. The molecule has 0 saturated carbocycles. The molecule has 2 aromatic carbocycles. The molecule has 1 heterocycles. The van der Waals surface area contributed by atoms with Crippen molar-refractivity contribution in [1.29, 1.82) is 0 Å². The Labute approximate surface area is 154 Å². The maximum atomic E-state index is 13.7. The van der Waals surface area contributed by atoms with Gasteiger partial charge in [-0.2, -0.15) is 0 Å². The van der Waals surface area contributed by atoms with Crippen LogP contribution in [0.15, 0.2) is 47.8 Å². The van der Waals surface area contributed by atoms with Crippen molar-refractivity contribution in [3.63, 3.8) is 0 Å². The number of aromatic nitrogens is 1. The SMILES string of the molecule is O=C(Nc1nc(-c2ccc(I)cc2)cs1)c1c(F)cccc1Cl. The molecule has 1 aromatic heterocycles. The molecule has 0 unspecified atom stereocenters. The quantitative estimate of drug-likeness (QED) is 0.530. The van der Waals surface area contributed by atoms with Gasteiger partial charge in [0.05, 0.1) is 16.3 Å². The molecule has 3 aromatic rings. The Hall–Kier alpha value is -1.51. The van der Waals surface area contributed by atoms with Crippen LogP contribution in [-0.2, 0) is 0 Å². The average Bonchev–Trinajstić information content (AvgIpc) is 2.96. The van der Waals surface area contributed by atoms with Crippen LogP contribution in [0.2, 0.25) is 5.02 Å². The molecule has 23 heavy (non-hydrogen) atoms. The number of carbonyl (C=O) groups excluding carboxylic acids is 1. The molecule has 3 nitrogen and oxygen atoms in total. The third kappa shape index (κ3) is 3.70. The lowest BCUT2D eigenvalue weighted by atomic mass is 10.2. The van der Waals surface area contributed by atoms with Crippen LogP contribution in [-0.4, -0.2) is 10.9 Å². The van der Waals surface area contributed by atoms with Crippen molar-refractivity contribution >= 4 is 56.6 Å². The highest BCUT2D eigenvalue weighted by molar-refractivity contribution is 14.1. The number of halogens is 3. The van der Waals surface area contributed by atoms with Gasteiger partial charge in [0.2, 0.25) is 0 Å². The van der Waals surface area contributed by atoms with Gasteiger partial charge < -0.3 is 0 Å². The van der Waals surface area contributed by atoms with Gasteiger partial charge in [0, 0.05) is 14.5 Å². The van der Waals surface area contributed by atoms with E-state index < -0.39 is 11.7 Å². The summed E-state index contributed by atoms with van der Waals surface area (Å²) < 4.78 is 14.9. The third-order valence-corrected chi connectivity index (χ3v) is 4.85. The van der Waals surface area contributed by atoms with Crippen LogP contribution in [0, 0.1) is 9.39 Å². The number of amides is 1. The summed E-state index contributed by atoms with van der Waals surface area (Å²) in [5.41, 5.74) is 1.52. The Morgan fingerprint density at radius 1 is 1.22 bits per heavy atom. The van der Waals surface area contributed by atoms with Crippen molar-refractivity contribution < 1.29 is 9.18 Å². The zero-order valence-corrected chi connectivity index (χ0v) is 15.2. The zero-order valence-electron chi connectivity index (χ0n) is 11.5. The van der Waals surface area contributed by atoms with E-state index in [1.807, 2.05) is 29.6 Å². The number of thiazole rings is 1. The minimum Gasteiger partial charge on any atom is -0.298 e. The average molecular weight is 459 g/mol. The fraction of sp³-hybridized carbons (Fsp3) is 0. The van der Waals surface area contributed by atoms with Gasteiger partial charge in [0.25, 0.3) is 5.91 Å². The molecule has 1 N–H and O–H groups in total. The van der Waals surface area contributed by atoms with Gasteiger partial charge in [-0.05, 0) is 46.9 Å². The van der Waals surface area contributed by atoms with Crippen LogP contribution in [0.3, 0.4) is 0 Å². The molecular formula is C16H9ClFIN2OS. The van der Waals surface area contributed by atoms with Gasteiger partial charge in [-0.3, -0.25) is 10.1 Å². The molecule has 0 fully saturated rings. The minimum atomic E-state index is -0.663. The van der Waals surface area contributed by atoms with Crippen LogP contribution >= 0.6 is 45.5 Å². The van der Waals surface area contributed by atoms with Crippen molar-refractivity contribution in [3.8, 4) is 11.3 Å².